The van der Waals surface area contributed by atoms with Crippen LogP contribution in [0.2, 0.25) is 0 Å². The van der Waals surface area contributed by atoms with Crippen molar-refractivity contribution in [2.75, 3.05) is 5.73 Å². The van der Waals surface area contributed by atoms with Crippen LogP contribution in [0, 0.1) is 0 Å². The fraction of sp³-hybridized carbons (Fsp3) is 0.214. The van der Waals surface area contributed by atoms with Gasteiger partial charge in [0.2, 0.25) is 5.91 Å². The summed E-state index contributed by atoms with van der Waals surface area (Å²) in [4.78, 5) is 29.6. The zero-order chi connectivity index (χ0) is 24.8. The average Bonchev–Trinajstić information content (AvgIpc) is 3.25. The Labute approximate surface area is 204 Å². The highest BCUT2D eigenvalue weighted by Crippen LogP contribution is 2.24. The molecule has 0 fully saturated rings. The van der Waals surface area contributed by atoms with Crippen LogP contribution in [0.3, 0.4) is 0 Å². The lowest BCUT2D eigenvalue weighted by molar-refractivity contribution is -0.127. The number of hydrogen-bond donors (Lipinski definition) is 4. The number of benzene rings is 3. The van der Waals surface area contributed by atoms with Crippen LogP contribution in [-0.2, 0) is 22.6 Å². The summed E-state index contributed by atoms with van der Waals surface area (Å²) in [6.07, 6.45) is 1.46. The van der Waals surface area contributed by atoms with Crippen molar-refractivity contribution in [3.05, 3.63) is 102 Å². The molecule has 0 spiro atoms. The van der Waals surface area contributed by atoms with E-state index in [1.807, 2.05) is 73.8 Å². The van der Waals surface area contributed by atoms with Gasteiger partial charge in [0.1, 0.15) is 12.1 Å². The summed E-state index contributed by atoms with van der Waals surface area (Å²) in [6, 6.07) is 24.4. The Morgan fingerprint density at radius 1 is 1.03 bits per heavy atom. The topological polar surface area (TPSA) is 109 Å². The quantitative estimate of drug-likeness (QED) is 0.276. The molecule has 3 aromatic carbocycles. The average molecular weight is 471 g/mol. The molecule has 0 saturated heterocycles. The molecule has 2 amide bonds. The maximum absolute atomic E-state index is 13.6. The first-order valence-corrected chi connectivity index (χ1v) is 11.5. The molecule has 5 N–H and O–H groups in total. The first-order chi connectivity index (χ1) is 16.8. The van der Waals surface area contributed by atoms with Gasteiger partial charge in [-0.1, -0.05) is 60.7 Å². The van der Waals surface area contributed by atoms with Crippen molar-refractivity contribution in [1.82, 2.24) is 15.6 Å². The van der Waals surface area contributed by atoms with E-state index in [1.165, 1.54) is 0 Å². The highest BCUT2D eigenvalue weighted by Gasteiger charge is 2.37. The Morgan fingerprint density at radius 2 is 1.77 bits per heavy atom. The summed E-state index contributed by atoms with van der Waals surface area (Å²) in [5.74, 6) is -0.306. The largest absolute Gasteiger partial charge is 0.445 e. The van der Waals surface area contributed by atoms with Gasteiger partial charge >= 0.3 is 6.09 Å². The SMILES string of the molecule is C[C@H](NC(=O)[C@@](C)(Cc1c[nH]c2ccccc12)NC(=O)OCc1cccc(N)c1)c1ccccc1. The van der Waals surface area contributed by atoms with E-state index in [4.69, 9.17) is 10.5 Å². The molecule has 0 aliphatic carbocycles. The Kier molecular flexibility index (Phi) is 7.06. The molecular formula is C28H30N4O3. The lowest BCUT2D eigenvalue weighted by atomic mass is 9.91. The fourth-order valence-electron chi connectivity index (χ4n) is 4.11. The molecule has 1 heterocycles. The lowest BCUT2D eigenvalue weighted by Gasteiger charge is -2.31. The van der Waals surface area contributed by atoms with E-state index in [1.54, 1.807) is 25.1 Å². The summed E-state index contributed by atoms with van der Waals surface area (Å²) in [5.41, 5.74) is 8.75. The Balaban J connectivity index is 1.54. The minimum atomic E-state index is -1.26. The predicted octanol–water partition coefficient (Wildman–Crippen LogP) is 4.86. The zero-order valence-corrected chi connectivity index (χ0v) is 19.9. The highest BCUT2D eigenvalue weighted by molar-refractivity contribution is 5.91. The molecule has 0 aliphatic heterocycles. The smallest absolute Gasteiger partial charge is 0.408 e. The molecular weight excluding hydrogens is 440 g/mol. The van der Waals surface area contributed by atoms with Gasteiger partial charge in [-0.3, -0.25) is 4.79 Å². The predicted molar refractivity (Wildman–Crippen MR) is 138 cm³/mol. The number of nitrogen functional groups attached to an aromatic ring is 1. The van der Waals surface area contributed by atoms with Crippen molar-refractivity contribution in [3.8, 4) is 0 Å². The molecule has 1 aromatic heterocycles. The van der Waals surface area contributed by atoms with E-state index in [-0.39, 0.29) is 25.0 Å². The normalized spacial score (nSPS) is 13.5. The Hall–Kier alpha value is -4.26. The molecule has 0 aliphatic rings. The minimum absolute atomic E-state index is 0.0437. The molecule has 7 nitrogen and oxygen atoms in total. The molecule has 4 rings (SSSR count). The third-order valence-corrected chi connectivity index (χ3v) is 6.07. The number of carbonyl (C=O) groups is 2. The third kappa shape index (κ3) is 5.81. The van der Waals surface area contributed by atoms with Crippen LogP contribution >= 0.6 is 0 Å². The van der Waals surface area contributed by atoms with Gasteiger partial charge in [0.25, 0.3) is 0 Å². The summed E-state index contributed by atoms with van der Waals surface area (Å²) in [7, 11) is 0. The van der Waals surface area contributed by atoms with Crippen LogP contribution in [0.15, 0.2) is 85.1 Å². The second kappa shape index (κ2) is 10.3. The fourth-order valence-corrected chi connectivity index (χ4v) is 4.11. The molecule has 2 atom stereocenters. The van der Waals surface area contributed by atoms with Crippen molar-refractivity contribution in [2.45, 2.75) is 38.5 Å². The number of para-hydroxylation sites is 1. The molecule has 180 valence electrons. The van der Waals surface area contributed by atoms with E-state index in [2.05, 4.69) is 15.6 Å². The first kappa shape index (κ1) is 23.9. The molecule has 7 heteroatoms. The summed E-state index contributed by atoms with van der Waals surface area (Å²) in [5, 5.41) is 6.87. The number of H-pyrrole nitrogens is 1. The standard InChI is InChI=1S/C28H30N4O3/c1-19(21-10-4-3-5-11-21)31-26(33)28(2,16-22-17-30-25-14-7-6-13-24(22)25)32-27(34)35-18-20-9-8-12-23(29)15-20/h3-15,17,19,30H,16,18,29H2,1-2H3,(H,31,33)(H,32,34)/t19-,28+/m0/s1. The van der Waals surface area contributed by atoms with Crippen LogP contribution in [-0.4, -0.2) is 22.5 Å². The van der Waals surface area contributed by atoms with Gasteiger partial charge in [-0.05, 0) is 48.7 Å². The summed E-state index contributed by atoms with van der Waals surface area (Å²) < 4.78 is 5.43. The van der Waals surface area contributed by atoms with E-state index in [9.17, 15) is 9.59 Å². The number of aromatic amines is 1. The highest BCUT2D eigenvalue weighted by atomic mass is 16.5. The molecule has 4 aromatic rings. The number of amides is 2. The van der Waals surface area contributed by atoms with Crippen LogP contribution in [0.25, 0.3) is 10.9 Å². The Morgan fingerprint density at radius 3 is 2.54 bits per heavy atom. The molecule has 0 bridgehead atoms. The van der Waals surface area contributed by atoms with Gasteiger partial charge in [-0.15, -0.1) is 0 Å². The maximum Gasteiger partial charge on any atom is 0.408 e. The number of rotatable bonds is 8. The second-order valence-electron chi connectivity index (χ2n) is 8.92. The number of alkyl carbamates (subject to hydrolysis) is 1. The Bertz CT molecular complexity index is 1320. The summed E-state index contributed by atoms with van der Waals surface area (Å²) >= 11 is 0. The van der Waals surface area contributed by atoms with Gasteiger partial charge in [0, 0.05) is 29.2 Å². The number of aromatic nitrogens is 1. The molecule has 0 unspecified atom stereocenters. The minimum Gasteiger partial charge on any atom is -0.445 e. The van der Waals surface area contributed by atoms with Crippen molar-refractivity contribution in [2.24, 2.45) is 0 Å². The number of fused-ring (bicyclic) bond motifs is 1. The van der Waals surface area contributed by atoms with E-state index in [0.717, 1.165) is 27.6 Å². The van der Waals surface area contributed by atoms with Crippen LogP contribution < -0.4 is 16.4 Å². The number of nitrogens with one attached hydrogen (secondary N) is 3. The summed E-state index contributed by atoms with van der Waals surface area (Å²) in [6.45, 7) is 3.67. The molecule has 0 saturated carbocycles. The lowest BCUT2D eigenvalue weighted by Crippen LogP contribution is -2.58. The van der Waals surface area contributed by atoms with Crippen molar-refractivity contribution >= 4 is 28.6 Å². The van der Waals surface area contributed by atoms with Gasteiger partial charge in [0.15, 0.2) is 0 Å². The maximum atomic E-state index is 13.6. The number of hydrogen-bond acceptors (Lipinski definition) is 4. The molecule has 0 radical (unpaired) electrons. The monoisotopic (exact) mass is 470 g/mol. The number of ether oxygens (including phenoxy) is 1. The van der Waals surface area contributed by atoms with E-state index >= 15 is 0 Å². The number of nitrogens with two attached hydrogens (primary N) is 1. The number of carbonyl (C=O) groups excluding carboxylic acids is 2. The van der Waals surface area contributed by atoms with Crippen LogP contribution in [0.5, 0.6) is 0 Å². The van der Waals surface area contributed by atoms with Crippen molar-refractivity contribution in [3.63, 3.8) is 0 Å². The van der Waals surface area contributed by atoms with E-state index < -0.39 is 11.6 Å². The first-order valence-electron chi connectivity index (χ1n) is 11.5. The van der Waals surface area contributed by atoms with Crippen molar-refractivity contribution < 1.29 is 14.3 Å². The second-order valence-corrected chi connectivity index (χ2v) is 8.92. The van der Waals surface area contributed by atoms with E-state index in [0.29, 0.717) is 5.69 Å². The van der Waals surface area contributed by atoms with Gasteiger partial charge in [-0.25, -0.2) is 4.79 Å². The van der Waals surface area contributed by atoms with Crippen LogP contribution in [0.4, 0.5) is 10.5 Å². The number of anilines is 1. The van der Waals surface area contributed by atoms with Gasteiger partial charge < -0.3 is 26.1 Å². The third-order valence-electron chi connectivity index (χ3n) is 6.07. The van der Waals surface area contributed by atoms with Crippen molar-refractivity contribution in [1.29, 1.82) is 0 Å². The van der Waals surface area contributed by atoms with Gasteiger partial charge in [-0.2, -0.15) is 0 Å². The van der Waals surface area contributed by atoms with Crippen LogP contribution in [0.1, 0.15) is 36.6 Å². The molecule has 35 heavy (non-hydrogen) atoms. The van der Waals surface area contributed by atoms with Gasteiger partial charge in [0.05, 0.1) is 6.04 Å². The zero-order valence-electron chi connectivity index (χ0n) is 19.9.